The van der Waals surface area contributed by atoms with E-state index in [2.05, 4.69) is 15.0 Å². The Balaban J connectivity index is 1.61. The molecule has 0 unspecified atom stereocenters. The first kappa shape index (κ1) is 9.30. The van der Waals surface area contributed by atoms with Crippen molar-refractivity contribution in [1.29, 1.82) is 0 Å². The van der Waals surface area contributed by atoms with Crippen LogP contribution in [0.2, 0.25) is 0 Å². The van der Waals surface area contributed by atoms with Crippen LogP contribution in [0.25, 0.3) is 0 Å². The van der Waals surface area contributed by atoms with Gasteiger partial charge < -0.3 is 9.63 Å². The van der Waals surface area contributed by atoms with Crippen molar-refractivity contribution in [2.75, 3.05) is 13.1 Å². The zero-order valence-corrected chi connectivity index (χ0v) is 8.59. The molecule has 15 heavy (non-hydrogen) atoms. The van der Waals surface area contributed by atoms with E-state index in [0.717, 1.165) is 31.2 Å². The lowest BCUT2D eigenvalue weighted by Gasteiger charge is -2.10. The van der Waals surface area contributed by atoms with Crippen molar-refractivity contribution >= 4 is 0 Å². The topological polar surface area (TPSA) is 62.4 Å². The molecule has 3 rings (SSSR count). The molecule has 0 bridgehead atoms. The van der Waals surface area contributed by atoms with Crippen LogP contribution in [-0.2, 0) is 6.54 Å². The molecule has 1 saturated heterocycles. The van der Waals surface area contributed by atoms with E-state index in [0.29, 0.717) is 12.5 Å². The first-order valence-electron chi connectivity index (χ1n) is 5.54. The number of nitrogens with zero attached hydrogens (tertiary/aromatic N) is 3. The van der Waals surface area contributed by atoms with Crippen molar-refractivity contribution in [3.05, 3.63) is 11.7 Å². The molecular weight excluding hydrogens is 194 g/mol. The first-order valence-corrected chi connectivity index (χ1v) is 5.54. The second-order valence-electron chi connectivity index (χ2n) is 4.50. The van der Waals surface area contributed by atoms with Crippen LogP contribution in [0.5, 0.6) is 0 Å². The molecule has 2 heterocycles. The van der Waals surface area contributed by atoms with E-state index in [4.69, 9.17) is 4.52 Å². The Morgan fingerprint density at radius 1 is 1.40 bits per heavy atom. The fraction of sp³-hybridized carbons (Fsp3) is 0.800. The number of aliphatic hydroxyl groups is 1. The predicted octanol–water partition coefficient (Wildman–Crippen LogP) is 0.514. The molecule has 0 amide bonds. The van der Waals surface area contributed by atoms with Gasteiger partial charge in [-0.3, -0.25) is 4.90 Å². The summed E-state index contributed by atoms with van der Waals surface area (Å²) in [4.78, 5) is 6.52. The smallest absolute Gasteiger partial charge is 0.229 e. The fourth-order valence-electron chi connectivity index (χ4n) is 1.98. The van der Waals surface area contributed by atoms with E-state index in [1.807, 2.05) is 0 Å². The molecule has 1 aliphatic heterocycles. The van der Waals surface area contributed by atoms with Gasteiger partial charge in [-0.2, -0.15) is 4.98 Å². The molecular formula is C10H15N3O2. The van der Waals surface area contributed by atoms with Gasteiger partial charge in [0.05, 0.1) is 12.6 Å². The van der Waals surface area contributed by atoms with Gasteiger partial charge in [0.25, 0.3) is 0 Å². The molecule has 0 spiro atoms. The summed E-state index contributed by atoms with van der Waals surface area (Å²) in [5.74, 6) is 2.08. The lowest BCUT2D eigenvalue weighted by Crippen LogP contribution is -2.22. The minimum atomic E-state index is -0.181. The van der Waals surface area contributed by atoms with E-state index < -0.39 is 0 Å². The van der Waals surface area contributed by atoms with Crippen LogP contribution in [-0.4, -0.2) is 39.3 Å². The Morgan fingerprint density at radius 3 is 2.93 bits per heavy atom. The monoisotopic (exact) mass is 209 g/mol. The van der Waals surface area contributed by atoms with E-state index in [1.54, 1.807) is 0 Å². The van der Waals surface area contributed by atoms with Gasteiger partial charge >= 0.3 is 0 Å². The largest absolute Gasteiger partial charge is 0.392 e. The molecule has 2 aliphatic rings. The molecule has 1 aliphatic carbocycles. The minimum Gasteiger partial charge on any atom is -0.392 e. The van der Waals surface area contributed by atoms with Crippen LogP contribution < -0.4 is 0 Å². The summed E-state index contributed by atoms with van der Waals surface area (Å²) in [6, 6.07) is 0. The third-order valence-corrected chi connectivity index (χ3v) is 3.02. The summed E-state index contributed by atoms with van der Waals surface area (Å²) in [6.45, 7) is 2.36. The lowest BCUT2D eigenvalue weighted by molar-refractivity contribution is 0.173. The van der Waals surface area contributed by atoms with Crippen molar-refractivity contribution in [1.82, 2.24) is 15.0 Å². The van der Waals surface area contributed by atoms with Gasteiger partial charge in [0.15, 0.2) is 5.82 Å². The van der Waals surface area contributed by atoms with Crippen LogP contribution in [0, 0.1) is 0 Å². The third-order valence-electron chi connectivity index (χ3n) is 3.02. The van der Waals surface area contributed by atoms with Crippen molar-refractivity contribution in [2.45, 2.75) is 37.8 Å². The molecule has 1 aromatic heterocycles. The van der Waals surface area contributed by atoms with Gasteiger partial charge in [0.1, 0.15) is 0 Å². The SMILES string of the molecule is O[C@@H]1CCN(Cc2noc(C3CC3)n2)C1. The van der Waals surface area contributed by atoms with Crippen molar-refractivity contribution < 1.29 is 9.63 Å². The molecule has 1 saturated carbocycles. The van der Waals surface area contributed by atoms with Crippen molar-refractivity contribution in [3.8, 4) is 0 Å². The Morgan fingerprint density at radius 2 is 2.27 bits per heavy atom. The van der Waals surface area contributed by atoms with Crippen LogP contribution >= 0.6 is 0 Å². The molecule has 1 aromatic rings. The Hall–Kier alpha value is -0.940. The van der Waals surface area contributed by atoms with Crippen LogP contribution in [0.1, 0.15) is 36.9 Å². The predicted molar refractivity (Wildman–Crippen MR) is 52.2 cm³/mol. The number of hydrogen-bond donors (Lipinski definition) is 1. The Bertz CT molecular complexity index is 348. The minimum absolute atomic E-state index is 0.181. The summed E-state index contributed by atoms with van der Waals surface area (Å²) in [6.07, 6.45) is 3.04. The van der Waals surface area contributed by atoms with E-state index in [-0.39, 0.29) is 6.10 Å². The summed E-state index contributed by atoms with van der Waals surface area (Å²) in [7, 11) is 0. The zero-order valence-electron chi connectivity index (χ0n) is 8.59. The maximum Gasteiger partial charge on any atom is 0.229 e. The maximum atomic E-state index is 9.38. The lowest BCUT2D eigenvalue weighted by atomic mass is 10.3. The van der Waals surface area contributed by atoms with Gasteiger partial charge in [0, 0.05) is 19.0 Å². The van der Waals surface area contributed by atoms with E-state index in [1.165, 1.54) is 12.8 Å². The highest BCUT2D eigenvalue weighted by Crippen LogP contribution is 2.38. The number of β-amino-alcohol motifs (C(OH)–C–C–N with tert-alkyl or cyclic N) is 1. The number of hydrogen-bond acceptors (Lipinski definition) is 5. The van der Waals surface area contributed by atoms with Crippen LogP contribution in [0.4, 0.5) is 0 Å². The van der Waals surface area contributed by atoms with Crippen molar-refractivity contribution in [2.24, 2.45) is 0 Å². The van der Waals surface area contributed by atoms with Gasteiger partial charge in [-0.1, -0.05) is 5.16 Å². The van der Waals surface area contributed by atoms with Crippen molar-refractivity contribution in [3.63, 3.8) is 0 Å². The summed E-state index contributed by atoms with van der Waals surface area (Å²) in [5, 5.41) is 13.3. The van der Waals surface area contributed by atoms with E-state index >= 15 is 0 Å². The maximum absolute atomic E-state index is 9.38. The molecule has 0 aromatic carbocycles. The zero-order chi connectivity index (χ0) is 10.3. The molecule has 82 valence electrons. The Kier molecular flexibility index (Phi) is 2.21. The standard InChI is InChI=1S/C10H15N3O2/c14-8-3-4-13(5-8)6-9-11-10(15-12-9)7-1-2-7/h7-8,14H,1-6H2/t8-/m1/s1. The highest BCUT2D eigenvalue weighted by Gasteiger charge is 2.30. The molecule has 1 atom stereocenters. The van der Waals surface area contributed by atoms with Gasteiger partial charge in [0.2, 0.25) is 5.89 Å². The molecule has 2 fully saturated rings. The van der Waals surface area contributed by atoms with Gasteiger partial charge in [-0.25, -0.2) is 0 Å². The molecule has 1 N–H and O–H groups in total. The quantitative estimate of drug-likeness (QED) is 0.786. The molecule has 0 radical (unpaired) electrons. The number of aromatic nitrogens is 2. The molecule has 5 heteroatoms. The number of aliphatic hydroxyl groups excluding tert-OH is 1. The highest BCUT2D eigenvalue weighted by molar-refractivity contribution is 5.01. The fourth-order valence-corrected chi connectivity index (χ4v) is 1.98. The van der Waals surface area contributed by atoms with Gasteiger partial charge in [-0.15, -0.1) is 0 Å². The van der Waals surface area contributed by atoms with E-state index in [9.17, 15) is 5.11 Å². The average molecular weight is 209 g/mol. The number of rotatable bonds is 3. The average Bonchev–Trinajstić information content (AvgIpc) is 2.84. The Labute approximate surface area is 88.1 Å². The van der Waals surface area contributed by atoms with Gasteiger partial charge in [-0.05, 0) is 19.3 Å². The summed E-state index contributed by atoms with van der Waals surface area (Å²) < 4.78 is 5.18. The normalized spacial score (nSPS) is 27.4. The van der Waals surface area contributed by atoms with Crippen LogP contribution in [0.3, 0.4) is 0 Å². The highest BCUT2D eigenvalue weighted by atomic mass is 16.5. The first-order chi connectivity index (χ1) is 7.31. The summed E-state index contributed by atoms with van der Waals surface area (Å²) in [5.41, 5.74) is 0. The second kappa shape index (κ2) is 3.57. The summed E-state index contributed by atoms with van der Waals surface area (Å²) >= 11 is 0. The number of likely N-dealkylation sites (tertiary alicyclic amines) is 1. The second-order valence-corrected chi connectivity index (χ2v) is 4.50. The van der Waals surface area contributed by atoms with Crippen LogP contribution in [0.15, 0.2) is 4.52 Å². The third kappa shape index (κ3) is 2.03. The molecule has 5 nitrogen and oxygen atoms in total.